The Bertz CT molecular complexity index is 475. The van der Waals surface area contributed by atoms with Crippen LogP contribution in [0, 0.1) is 0 Å². The summed E-state index contributed by atoms with van der Waals surface area (Å²) in [4.78, 5) is 1.21. The standard InChI is InChI=1S/C12H20ClNO2S2/c1-12(2,3)18(15,16)9-8-14-7-6-10-4-5-11(13)17-10/h4-5,14H,6-9H2,1-3H3. The molecule has 1 aromatic heterocycles. The number of hydrogen-bond donors (Lipinski definition) is 1. The summed E-state index contributed by atoms with van der Waals surface area (Å²) < 4.78 is 23.8. The molecule has 0 unspecified atom stereocenters. The highest BCUT2D eigenvalue weighted by Gasteiger charge is 2.27. The predicted octanol–water partition coefficient (Wildman–Crippen LogP) is 2.75. The van der Waals surface area contributed by atoms with Gasteiger partial charge in [-0.2, -0.15) is 0 Å². The molecule has 0 fully saturated rings. The zero-order chi connectivity index (χ0) is 13.8. The van der Waals surface area contributed by atoms with Crippen LogP contribution in [0.3, 0.4) is 0 Å². The van der Waals surface area contributed by atoms with Crippen LogP contribution in [-0.4, -0.2) is 32.0 Å². The zero-order valence-electron chi connectivity index (χ0n) is 11.0. The molecule has 0 amide bonds. The summed E-state index contributed by atoms with van der Waals surface area (Å²) in [5.74, 6) is 0.182. The average molecular weight is 310 g/mol. The maximum absolute atomic E-state index is 11.8. The van der Waals surface area contributed by atoms with Gasteiger partial charge in [-0.3, -0.25) is 0 Å². The van der Waals surface area contributed by atoms with E-state index in [1.807, 2.05) is 12.1 Å². The molecule has 0 saturated heterocycles. The lowest BCUT2D eigenvalue weighted by Crippen LogP contribution is -2.35. The van der Waals surface area contributed by atoms with E-state index in [2.05, 4.69) is 5.32 Å². The van der Waals surface area contributed by atoms with Gasteiger partial charge in [0, 0.05) is 11.4 Å². The smallest absolute Gasteiger partial charge is 0.156 e. The Morgan fingerprint density at radius 2 is 1.94 bits per heavy atom. The van der Waals surface area contributed by atoms with Crippen LogP contribution < -0.4 is 5.32 Å². The molecule has 0 radical (unpaired) electrons. The second-order valence-electron chi connectivity index (χ2n) is 5.14. The topological polar surface area (TPSA) is 46.2 Å². The first-order chi connectivity index (χ1) is 8.22. The molecule has 3 nitrogen and oxygen atoms in total. The summed E-state index contributed by atoms with van der Waals surface area (Å²) in [5, 5.41) is 3.16. The van der Waals surface area contributed by atoms with E-state index in [-0.39, 0.29) is 5.75 Å². The Morgan fingerprint density at radius 1 is 1.28 bits per heavy atom. The van der Waals surface area contributed by atoms with Crippen molar-refractivity contribution < 1.29 is 8.42 Å². The zero-order valence-corrected chi connectivity index (χ0v) is 13.4. The number of thiophene rings is 1. The third-order valence-electron chi connectivity index (χ3n) is 2.66. The minimum absolute atomic E-state index is 0.182. The number of sulfone groups is 1. The van der Waals surface area contributed by atoms with Gasteiger partial charge in [-0.1, -0.05) is 11.6 Å². The number of nitrogens with one attached hydrogen (secondary N) is 1. The summed E-state index contributed by atoms with van der Waals surface area (Å²) in [5.41, 5.74) is 0. The molecule has 0 saturated carbocycles. The van der Waals surface area contributed by atoms with Gasteiger partial charge in [0.25, 0.3) is 0 Å². The Labute approximate surface area is 118 Å². The molecule has 6 heteroatoms. The van der Waals surface area contributed by atoms with Crippen molar-refractivity contribution in [3.05, 3.63) is 21.3 Å². The summed E-state index contributed by atoms with van der Waals surface area (Å²) in [6, 6.07) is 3.88. The lowest BCUT2D eigenvalue weighted by molar-refractivity contribution is 0.556. The average Bonchev–Trinajstić information content (AvgIpc) is 2.62. The first kappa shape index (κ1) is 16.0. The van der Waals surface area contributed by atoms with E-state index >= 15 is 0 Å². The molecule has 104 valence electrons. The van der Waals surface area contributed by atoms with Gasteiger partial charge in [-0.25, -0.2) is 8.42 Å². The number of rotatable bonds is 6. The van der Waals surface area contributed by atoms with Gasteiger partial charge in [-0.05, 0) is 45.9 Å². The van der Waals surface area contributed by atoms with Crippen molar-refractivity contribution in [2.45, 2.75) is 31.9 Å². The van der Waals surface area contributed by atoms with E-state index in [0.29, 0.717) is 6.54 Å². The van der Waals surface area contributed by atoms with Crippen molar-refractivity contribution in [3.63, 3.8) is 0 Å². The molecule has 1 heterocycles. The van der Waals surface area contributed by atoms with Crippen LogP contribution >= 0.6 is 22.9 Å². The fourth-order valence-electron chi connectivity index (χ4n) is 1.34. The molecule has 0 aliphatic heterocycles. The molecule has 0 spiro atoms. The van der Waals surface area contributed by atoms with Crippen LogP contribution in [0.25, 0.3) is 0 Å². The van der Waals surface area contributed by atoms with Gasteiger partial charge in [0.05, 0.1) is 14.8 Å². The molecule has 0 aliphatic carbocycles. The van der Waals surface area contributed by atoms with Crippen LogP contribution in [0.2, 0.25) is 4.34 Å². The normalized spacial score (nSPS) is 12.9. The maximum Gasteiger partial charge on any atom is 0.156 e. The highest BCUT2D eigenvalue weighted by atomic mass is 35.5. The predicted molar refractivity (Wildman–Crippen MR) is 79.4 cm³/mol. The molecule has 0 aromatic carbocycles. The van der Waals surface area contributed by atoms with Crippen LogP contribution in [0.4, 0.5) is 0 Å². The van der Waals surface area contributed by atoms with Crippen molar-refractivity contribution in [1.29, 1.82) is 0 Å². The summed E-state index contributed by atoms with van der Waals surface area (Å²) in [7, 11) is -3.02. The van der Waals surface area contributed by atoms with Crippen LogP contribution in [0.1, 0.15) is 25.6 Å². The van der Waals surface area contributed by atoms with Crippen molar-refractivity contribution in [2.75, 3.05) is 18.8 Å². The largest absolute Gasteiger partial charge is 0.315 e. The van der Waals surface area contributed by atoms with E-state index in [1.54, 1.807) is 32.1 Å². The third kappa shape index (κ3) is 4.88. The molecule has 0 atom stereocenters. The lowest BCUT2D eigenvalue weighted by Gasteiger charge is -2.19. The van der Waals surface area contributed by atoms with Crippen molar-refractivity contribution in [1.82, 2.24) is 5.32 Å². The van der Waals surface area contributed by atoms with Gasteiger partial charge in [0.15, 0.2) is 9.84 Å². The van der Waals surface area contributed by atoms with Crippen LogP contribution in [-0.2, 0) is 16.3 Å². The molecule has 1 N–H and O–H groups in total. The molecule has 18 heavy (non-hydrogen) atoms. The van der Waals surface area contributed by atoms with Gasteiger partial charge in [-0.15, -0.1) is 11.3 Å². The SMILES string of the molecule is CC(C)(C)S(=O)(=O)CCNCCc1ccc(Cl)s1. The monoisotopic (exact) mass is 309 g/mol. The van der Waals surface area contributed by atoms with Gasteiger partial charge < -0.3 is 5.32 Å². The second kappa shape index (κ2) is 6.37. The van der Waals surface area contributed by atoms with E-state index in [1.165, 1.54) is 4.88 Å². The quantitative estimate of drug-likeness (QED) is 0.822. The minimum atomic E-state index is -3.02. The van der Waals surface area contributed by atoms with Crippen LogP contribution in [0.15, 0.2) is 12.1 Å². The number of hydrogen-bond acceptors (Lipinski definition) is 4. The fourth-order valence-corrected chi connectivity index (χ4v) is 3.45. The van der Waals surface area contributed by atoms with Crippen molar-refractivity contribution in [2.24, 2.45) is 0 Å². The molecule has 1 rings (SSSR count). The molecular formula is C12H20ClNO2S2. The molecular weight excluding hydrogens is 290 g/mol. The fraction of sp³-hybridized carbons (Fsp3) is 0.667. The Balaban J connectivity index is 2.24. The Kier molecular flexibility index (Phi) is 5.65. The molecule has 0 bridgehead atoms. The maximum atomic E-state index is 11.8. The molecule has 0 aliphatic rings. The Morgan fingerprint density at radius 3 is 2.44 bits per heavy atom. The first-order valence-corrected chi connectivity index (χ1v) is 8.74. The highest BCUT2D eigenvalue weighted by Crippen LogP contribution is 2.21. The van der Waals surface area contributed by atoms with Gasteiger partial charge in [0.2, 0.25) is 0 Å². The third-order valence-corrected chi connectivity index (χ3v) is 6.56. The van der Waals surface area contributed by atoms with Gasteiger partial charge in [0.1, 0.15) is 0 Å². The van der Waals surface area contributed by atoms with Crippen molar-refractivity contribution in [3.8, 4) is 0 Å². The lowest BCUT2D eigenvalue weighted by atomic mass is 10.3. The minimum Gasteiger partial charge on any atom is -0.315 e. The first-order valence-electron chi connectivity index (χ1n) is 5.89. The second-order valence-corrected chi connectivity index (χ2v) is 9.80. The summed E-state index contributed by atoms with van der Waals surface area (Å²) >= 11 is 7.39. The van der Waals surface area contributed by atoms with Gasteiger partial charge >= 0.3 is 0 Å². The molecule has 1 aromatic rings. The Hall–Kier alpha value is -0.100. The summed E-state index contributed by atoms with van der Waals surface area (Å²) in [6.07, 6.45) is 0.882. The van der Waals surface area contributed by atoms with E-state index in [4.69, 9.17) is 11.6 Å². The summed E-state index contributed by atoms with van der Waals surface area (Å²) in [6.45, 7) is 6.47. The van der Waals surface area contributed by atoms with Crippen LogP contribution in [0.5, 0.6) is 0 Å². The van der Waals surface area contributed by atoms with Crippen molar-refractivity contribution >= 4 is 32.8 Å². The highest BCUT2D eigenvalue weighted by molar-refractivity contribution is 7.92. The van der Waals surface area contributed by atoms with E-state index < -0.39 is 14.6 Å². The van der Waals surface area contributed by atoms with E-state index in [9.17, 15) is 8.42 Å². The van der Waals surface area contributed by atoms with E-state index in [0.717, 1.165) is 17.3 Å². The number of halogens is 1.